The molecule has 1 saturated carbocycles. The lowest BCUT2D eigenvalue weighted by Crippen LogP contribution is -2.50. The Kier molecular flexibility index (Phi) is 3.65. The van der Waals surface area contributed by atoms with Crippen LogP contribution < -0.4 is 0 Å². The van der Waals surface area contributed by atoms with E-state index in [2.05, 4.69) is 29.8 Å². The van der Waals surface area contributed by atoms with E-state index in [1.807, 2.05) is 17.2 Å². The molecule has 124 valence electrons. The molecule has 23 heavy (non-hydrogen) atoms. The van der Waals surface area contributed by atoms with Gasteiger partial charge in [-0.2, -0.15) is 0 Å². The van der Waals surface area contributed by atoms with Crippen molar-refractivity contribution >= 4 is 5.91 Å². The maximum absolute atomic E-state index is 12.7. The Bertz CT molecular complexity index is 589. The van der Waals surface area contributed by atoms with Crippen LogP contribution in [0.2, 0.25) is 0 Å². The van der Waals surface area contributed by atoms with Gasteiger partial charge >= 0.3 is 0 Å². The first-order valence-electron chi connectivity index (χ1n) is 8.58. The van der Waals surface area contributed by atoms with Gasteiger partial charge in [0.05, 0.1) is 18.8 Å². The maximum atomic E-state index is 12.7. The van der Waals surface area contributed by atoms with Gasteiger partial charge in [0.1, 0.15) is 0 Å². The van der Waals surface area contributed by atoms with Crippen LogP contribution in [0, 0.1) is 11.3 Å². The van der Waals surface area contributed by atoms with Gasteiger partial charge in [-0.25, -0.2) is 0 Å². The van der Waals surface area contributed by atoms with Gasteiger partial charge in [-0.1, -0.05) is 19.9 Å². The van der Waals surface area contributed by atoms with E-state index in [-0.39, 0.29) is 17.4 Å². The zero-order valence-electron chi connectivity index (χ0n) is 13.9. The zero-order valence-corrected chi connectivity index (χ0v) is 13.9. The van der Waals surface area contributed by atoms with Gasteiger partial charge < -0.3 is 9.64 Å². The lowest BCUT2D eigenvalue weighted by molar-refractivity contribution is -0.132. The molecule has 0 bridgehead atoms. The van der Waals surface area contributed by atoms with E-state index in [0.717, 1.165) is 39.2 Å². The number of carbonyl (C=O) groups excluding carboxylic acids is 1. The molecule has 5 heteroatoms. The molecule has 0 N–H and O–H groups in total. The van der Waals surface area contributed by atoms with Crippen molar-refractivity contribution in [3.63, 3.8) is 0 Å². The number of pyridine rings is 1. The minimum Gasteiger partial charge on any atom is -0.373 e. The summed E-state index contributed by atoms with van der Waals surface area (Å²) in [5, 5.41) is 0. The van der Waals surface area contributed by atoms with Gasteiger partial charge in [0.2, 0.25) is 5.91 Å². The highest BCUT2D eigenvalue weighted by molar-refractivity contribution is 5.83. The third-order valence-electron chi connectivity index (χ3n) is 5.65. The third-order valence-corrected chi connectivity index (χ3v) is 5.65. The average molecular weight is 315 g/mol. The van der Waals surface area contributed by atoms with Gasteiger partial charge in [0.25, 0.3) is 0 Å². The molecule has 1 aromatic heterocycles. The minimum absolute atomic E-state index is 0.159. The first-order valence-corrected chi connectivity index (χ1v) is 8.58. The number of aromatic nitrogens is 1. The van der Waals surface area contributed by atoms with E-state index in [4.69, 9.17) is 4.74 Å². The van der Waals surface area contributed by atoms with E-state index in [9.17, 15) is 4.79 Å². The van der Waals surface area contributed by atoms with E-state index in [0.29, 0.717) is 11.9 Å². The first kappa shape index (κ1) is 15.1. The average Bonchev–Trinajstić information content (AvgIpc) is 2.97. The van der Waals surface area contributed by atoms with Crippen molar-refractivity contribution in [3.05, 3.63) is 30.1 Å². The molecule has 1 aliphatic carbocycles. The number of hydrogen-bond donors (Lipinski definition) is 0. The number of amides is 1. The summed E-state index contributed by atoms with van der Waals surface area (Å²) in [4.78, 5) is 21.4. The number of rotatable bonds is 3. The molecule has 0 aromatic carbocycles. The van der Waals surface area contributed by atoms with Crippen molar-refractivity contribution in [2.24, 2.45) is 11.3 Å². The van der Waals surface area contributed by atoms with Gasteiger partial charge in [-0.05, 0) is 23.5 Å². The fourth-order valence-corrected chi connectivity index (χ4v) is 3.97. The van der Waals surface area contributed by atoms with Crippen molar-refractivity contribution in [1.29, 1.82) is 0 Å². The van der Waals surface area contributed by atoms with E-state index >= 15 is 0 Å². The number of carbonyl (C=O) groups is 1. The van der Waals surface area contributed by atoms with Gasteiger partial charge in [-0.3, -0.25) is 14.7 Å². The van der Waals surface area contributed by atoms with Crippen LogP contribution in [0.1, 0.15) is 25.8 Å². The van der Waals surface area contributed by atoms with Gasteiger partial charge in [-0.15, -0.1) is 0 Å². The molecule has 3 aliphatic rings. The SMILES string of the molecule is CC1(C)CC1C(=O)N1C[C@@H]2OCCN(Cc3cccnc3)[C@H]2C1. The molecule has 4 rings (SSSR count). The number of likely N-dealkylation sites (tertiary alicyclic amines) is 1. The molecule has 2 aliphatic heterocycles. The second-order valence-electron chi connectivity index (χ2n) is 7.80. The summed E-state index contributed by atoms with van der Waals surface area (Å²) in [6.45, 7) is 8.48. The monoisotopic (exact) mass is 315 g/mol. The first-order chi connectivity index (χ1) is 11.0. The zero-order chi connectivity index (χ0) is 16.0. The van der Waals surface area contributed by atoms with Crippen LogP contribution in [0.5, 0.6) is 0 Å². The second-order valence-corrected chi connectivity index (χ2v) is 7.80. The summed E-state index contributed by atoms with van der Waals surface area (Å²) >= 11 is 0. The summed E-state index contributed by atoms with van der Waals surface area (Å²) < 4.78 is 5.95. The van der Waals surface area contributed by atoms with Gasteiger partial charge in [0.15, 0.2) is 0 Å². The molecule has 0 radical (unpaired) electrons. The van der Waals surface area contributed by atoms with Crippen molar-refractivity contribution in [2.75, 3.05) is 26.2 Å². The van der Waals surface area contributed by atoms with Crippen LogP contribution in [0.15, 0.2) is 24.5 Å². The summed E-state index contributed by atoms with van der Waals surface area (Å²) in [7, 11) is 0. The Morgan fingerprint density at radius 1 is 1.43 bits per heavy atom. The molecule has 0 spiro atoms. The van der Waals surface area contributed by atoms with E-state index in [1.54, 1.807) is 6.20 Å². The van der Waals surface area contributed by atoms with Crippen LogP contribution in [0.4, 0.5) is 0 Å². The highest BCUT2D eigenvalue weighted by Crippen LogP contribution is 2.52. The number of hydrogen-bond acceptors (Lipinski definition) is 4. The molecular formula is C18H25N3O2. The summed E-state index contributed by atoms with van der Waals surface area (Å²) in [6.07, 6.45) is 4.91. The largest absolute Gasteiger partial charge is 0.373 e. The molecule has 1 aromatic rings. The fraction of sp³-hybridized carbons (Fsp3) is 0.667. The minimum atomic E-state index is 0.159. The molecular weight excluding hydrogens is 290 g/mol. The molecule has 2 saturated heterocycles. The van der Waals surface area contributed by atoms with Crippen molar-refractivity contribution < 1.29 is 9.53 Å². The van der Waals surface area contributed by atoms with Crippen LogP contribution >= 0.6 is 0 Å². The topological polar surface area (TPSA) is 45.7 Å². The number of morpholine rings is 1. The molecule has 1 amide bonds. The Morgan fingerprint density at radius 3 is 2.96 bits per heavy atom. The molecule has 5 nitrogen and oxygen atoms in total. The maximum Gasteiger partial charge on any atom is 0.226 e. The number of fused-ring (bicyclic) bond motifs is 1. The molecule has 1 unspecified atom stereocenters. The smallest absolute Gasteiger partial charge is 0.226 e. The van der Waals surface area contributed by atoms with Crippen LogP contribution in [-0.2, 0) is 16.1 Å². The van der Waals surface area contributed by atoms with Crippen molar-refractivity contribution in [2.45, 2.75) is 39.0 Å². The fourth-order valence-electron chi connectivity index (χ4n) is 3.97. The number of nitrogens with zero attached hydrogens (tertiary/aromatic N) is 3. The Balaban J connectivity index is 1.43. The normalized spacial score (nSPS) is 32.6. The predicted molar refractivity (Wildman–Crippen MR) is 86.6 cm³/mol. The summed E-state index contributed by atoms with van der Waals surface area (Å²) in [5.74, 6) is 0.545. The molecule has 3 heterocycles. The Labute approximate surface area is 137 Å². The predicted octanol–water partition coefficient (Wildman–Crippen LogP) is 1.54. The summed E-state index contributed by atoms with van der Waals surface area (Å²) in [6, 6.07) is 4.41. The number of ether oxygens (including phenoxy) is 1. The van der Waals surface area contributed by atoms with Crippen LogP contribution in [-0.4, -0.2) is 59.1 Å². The highest BCUT2D eigenvalue weighted by atomic mass is 16.5. The van der Waals surface area contributed by atoms with Crippen molar-refractivity contribution in [3.8, 4) is 0 Å². The molecule has 3 atom stereocenters. The van der Waals surface area contributed by atoms with Crippen LogP contribution in [0.25, 0.3) is 0 Å². The lowest BCUT2D eigenvalue weighted by Gasteiger charge is -2.36. The third kappa shape index (κ3) is 2.88. The van der Waals surface area contributed by atoms with Crippen LogP contribution in [0.3, 0.4) is 0 Å². The highest BCUT2D eigenvalue weighted by Gasteiger charge is 2.54. The summed E-state index contributed by atoms with van der Waals surface area (Å²) in [5.41, 5.74) is 1.42. The van der Waals surface area contributed by atoms with E-state index < -0.39 is 0 Å². The van der Waals surface area contributed by atoms with Gasteiger partial charge in [0, 0.05) is 44.5 Å². The standard InChI is InChI=1S/C18H25N3O2/c1-18(2)8-14(18)17(22)21-11-15-16(12-21)23-7-6-20(15)10-13-4-3-5-19-9-13/h3-5,9,14-16H,6-8,10-12H2,1-2H3/t14?,15-,16-/m0/s1. The Morgan fingerprint density at radius 2 is 2.26 bits per heavy atom. The Hall–Kier alpha value is -1.46. The second kappa shape index (κ2) is 5.56. The van der Waals surface area contributed by atoms with Crippen molar-refractivity contribution in [1.82, 2.24) is 14.8 Å². The molecule has 3 fully saturated rings. The van der Waals surface area contributed by atoms with E-state index in [1.165, 1.54) is 5.56 Å². The quantitative estimate of drug-likeness (QED) is 0.849. The lowest BCUT2D eigenvalue weighted by atomic mass is 10.1.